The first-order valence-electron chi connectivity index (χ1n) is 7.26. The number of carbonyl (C=O) groups excluding carboxylic acids is 1. The van der Waals surface area contributed by atoms with E-state index in [1.54, 1.807) is 18.2 Å². The van der Waals surface area contributed by atoms with Gasteiger partial charge in [0.2, 0.25) is 5.13 Å². The molecule has 0 spiro atoms. The number of nitrogens with one attached hydrogen (secondary N) is 1. The highest BCUT2D eigenvalue weighted by Crippen LogP contribution is 2.29. The largest absolute Gasteiger partial charge is 0.299 e. The molecule has 2 N–H and O–H groups in total. The molecular weight excluding hydrogens is 442 g/mol. The van der Waals surface area contributed by atoms with Gasteiger partial charge in [0.05, 0.1) is 0 Å². The van der Waals surface area contributed by atoms with Crippen molar-refractivity contribution < 1.29 is 17.8 Å². The average Bonchev–Trinajstić information content (AvgIpc) is 3.03. The van der Waals surface area contributed by atoms with Gasteiger partial charge in [0.25, 0.3) is 16.0 Å². The van der Waals surface area contributed by atoms with Crippen LogP contribution in [-0.4, -0.2) is 29.1 Å². The van der Waals surface area contributed by atoms with Crippen molar-refractivity contribution in [3.63, 3.8) is 0 Å². The van der Waals surface area contributed by atoms with E-state index in [1.165, 1.54) is 12.1 Å². The lowest BCUT2D eigenvalue weighted by Crippen LogP contribution is -2.27. The van der Waals surface area contributed by atoms with Crippen LogP contribution >= 0.6 is 27.3 Å². The van der Waals surface area contributed by atoms with Crippen LogP contribution < -0.4 is 5.32 Å². The Morgan fingerprint density at radius 3 is 2.35 bits per heavy atom. The lowest BCUT2D eigenvalue weighted by molar-refractivity contribution is -0.116. The number of carbonyl (C=O) groups is 1. The van der Waals surface area contributed by atoms with Crippen LogP contribution in [0.2, 0.25) is 0 Å². The fourth-order valence-corrected chi connectivity index (χ4v) is 4.09. The van der Waals surface area contributed by atoms with Gasteiger partial charge in [-0.05, 0) is 17.7 Å². The van der Waals surface area contributed by atoms with E-state index in [-0.39, 0.29) is 10.7 Å². The van der Waals surface area contributed by atoms with E-state index >= 15 is 0 Å². The van der Waals surface area contributed by atoms with Gasteiger partial charge >= 0.3 is 0 Å². The van der Waals surface area contributed by atoms with E-state index in [0.717, 1.165) is 21.4 Å². The zero-order valence-electron chi connectivity index (χ0n) is 13.0. The molecular formula is C16H12BrN3O4S2. The molecule has 0 saturated carbocycles. The summed E-state index contributed by atoms with van der Waals surface area (Å²) < 4.78 is 33.7. The monoisotopic (exact) mass is 453 g/mol. The second-order valence-electron chi connectivity index (χ2n) is 5.21. The topological polar surface area (TPSA) is 109 Å². The summed E-state index contributed by atoms with van der Waals surface area (Å²) in [6.07, 6.45) is 0. The Kier molecular flexibility index (Phi) is 5.47. The van der Waals surface area contributed by atoms with Crippen molar-refractivity contribution in [2.24, 2.45) is 0 Å². The minimum Gasteiger partial charge on any atom is -0.299 e. The van der Waals surface area contributed by atoms with Gasteiger partial charge in [-0.15, -0.1) is 10.2 Å². The third-order valence-corrected chi connectivity index (χ3v) is 5.88. The molecule has 134 valence electrons. The number of hydrogen-bond acceptors (Lipinski definition) is 6. The number of aromatic nitrogens is 2. The first kappa shape index (κ1) is 18.6. The van der Waals surface area contributed by atoms with Crippen LogP contribution in [0.5, 0.6) is 0 Å². The van der Waals surface area contributed by atoms with Gasteiger partial charge in [-0.3, -0.25) is 14.7 Å². The molecule has 0 aliphatic heterocycles. The second kappa shape index (κ2) is 7.62. The number of halogens is 1. The van der Waals surface area contributed by atoms with Gasteiger partial charge in [-0.25, -0.2) is 0 Å². The predicted octanol–water partition coefficient (Wildman–Crippen LogP) is 3.54. The standard InChI is InChI=1S/C16H12BrN3O4S2/c17-12-8-6-11(7-9-12)15-19-20-16(25-15)18-14(21)13(26(22,23)24)10-4-2-1-3-5-10/h1-9,13H,(H,18,20,21)(H,22,23,24). The van der Waals surface area contributed by atoms with E-state index in [1.807, 2.05) is 24.3 Å². The molecule has 7 nitrogen and oxygen atoms in total. The fraction of sp³-hybridized carbons (Fsp3) is 0.0625. The Hall–Kier alpha value is -2.14. The summed E-state index contributed by atoms with van der Waals surface area (Å²) in [5.74, 6) is -0.905. The summed E-state index contributed by atoms with van der Waals surface area (Å²) in [4.78, 5) is 12.4. The van der Waals surface area contributed by atoms with Crippen LogP contribution in [0.4, 0.5) is 5.13 Å². The molecule has 2 aromatic carbocycles. The number of anilines is 1. The van der Waals surface area contributed by atoms with Crippen molar-refractivity contribution in [1.82, 2.24) is 10.2 Å². The van der Waals surface area contributed by atoms with Gasteiger partial charge in [0, 0.05) is 10.0 Å². The Morgan fingerprint density at radius 2 is 1.73 bits per heavy atom. The molecule has 10 heteroatoms. The van der Waals surface area contributed by atoms with E-state index < -0.39 is 21.3 Å². The SMILES string of the molecule is O=C(Nc1nnc(-c2ccc(Br)cc2)s1)C(c1ccccc1)S(=O)(=O)O. The van der Waals surface area contributed by atoms with Crippen molar-refractivity contribution in [3.8, 4) is 10.6 Å². The summed E-state index contributed by atoms with van der Waals surface area (Å²) in [6.45, 7) is 0. The molecule has 0 aliphatic rings. The van der Waals surface area contributed by atoms with Gasteiger partial charge < -0.3 is 0 Å². The molecule has 3 aromatic rings. The minimum absolute atomic E-state index is 0.137. The van der Waals surface area contributed by atoms with E-state index in [0.29, 0.717) is 5.01 Å². The summed E-state index contributed by atoms with van der Waals surface area (Å²) in [7, 11) is -4.65. The van der Waals surface area contributed by atoms with Crippen LogP contribution in [0, 0.1) is 0 Å². The maximum absolute atomic E-state index is 12.4. The summed E-state index contributed by atoms with van der Waals surface area (Å²) in [5.41, 5.74) is 0.964. The highest BCUT2D eigenvalue weighted by molar-refractivity contribution is 9.10. The molecule has 0 aliphatic carbocycles. The van der Waals surface area contributed by atoms with E-state index in [2.05, 4.69) is 31.4 Å². The van der Waals surface area contributed by atoms with Crippen molar-refractivity contribution in [2.45, 2.75) is 5.25 Å². The molecule has 1 aromatic heterocycles. The minimum atomic E-state index is -4.65. The lowest BCUT2D eigenvalue weighted by atomic mass is 10.1. The number of nitrogens with zero attached hydrogens (tertiary/aromatic N) is 2. The highest BCUT2D eigenvalue weighted by atomic mass is 79.9. The number of hydrogen-bond donors (Lipinski definition) is 2. The lowest BCUT2D eigenvalue weighted by Gasteiger charge is -2.12. The van der Waals surface area contributed by atoms with Gasteiger partial charge in [-0.2, -0.15) is 8.42 Å². The molecule has 3 rings (SSSR count). The zero-order valence-corrected chi connectivity index (χ0v) is 16.3. The average molecular weight is 454 g/mol. The molecule has 1 heterocycles. The molecule has 26 heavy (non-hydrogen) atoms. The van der Waals surface area contributed by atoms with Gasteiger partial charge in [-0.1, -0.05) is 69.7 Å². The molecule has 0 radical (unpaired) electrons. The third-order valence-electron chi connectivity index (χ3n) is 3.38. The van der Waals surface area contributed by atoms with Crippen molar-refractivity contribution in [1.29, 1.82) is 0 Å². The van der Waals surface area contributed by atoms with E-state index in [9.17, 15) is 17.8 Å². The molecule has 1 unspecified atom stereocenters. The van der Waals surface area contributed by atoms with Gasteiger partial charge in [0.1, 0.15) is 5.01 Å². The summed E-state index contributed by atoms with van der Waals surface area (Å²) >= 11 is 4.44. The van der Waals surface area contributed by atoms with Crippen molar-refractivity contribution in [2.75, 3.05) is 5.32 Å². The molecule has 1 atom stereocenters. The van der Waals surface area contributed by atoms with Crippen molar-refractivity contribution in [3.05, 3.63) is 64.6 Å². The molecule has 0 bridgehead atoms. The zero-order chi connectivity index (χ0) is 18.7. The molecule has 0 fully saturated rings. The fourth-order valence-electron chi connectivity index (χ4n) is 2.24. The summed E-state index contributed by atoms with van der Waals surface area (Å²) in [6, 6.07) is 15.1. The highest BCUT2D eigenvalue weighted by Gasteiger charge is 2.33. The van der Waals surface area contributed by atoms with Crippen molar-refractivity contribution >= 4 is 48.4 Å². The molecule has 0 saturated heterocycles. The molecule has 1 amide bonds. The van der Waals surface area contributed by atoms with Crippen LogP contribution in [-0.2, 0) is 14.9 Å². The Bertz CT molecular complexity index is 1020. The number of benzene rings is 2. The first-order chi connectivity index (χ1) is 12.3. The Morgan fingerprint density at radius 1 is 1.08 bits per heavy atom. The normalized spacial score (nSPS) is 12.5. The smallest absolute Gasteiger partial charge is 0.281 e. The third kappa shape index (κ3) is 4.33. The van der Waals surface area contributed by atoms with Gasteiger partial charge in [0.15, 0.2) is 5.25 Å². The maximum atomic E-state index is 12.4. The summed E-state index contributed by atoms with van der Waals surface area (Å²) in [5, 5.41) is 9.21. The maximum Gasteiger partial charge on any atom is 0.281 e. The second-order valence-corrected chi connectivity index (χ2v) is 8.61. The number of rotatable bonds is 5. The van der Waals surface area contributed by atoms with Crippen LogP contribution in [0.1, 0.15) is 10.8 Å². The number of amides is 1. The predicted molar refractivity (Wildman–Crippen MR) is 102 cm³/mol. The Balaban J connectivity index is 1.83. The van der Waals surface area contributed by atoms with Crippen LogP contribution in [0.25, 0.3) is 10.6 Å². The van der Waals surface area contributed by atoms with E-state index in [4.69, 9.17) is 0 Å². The first-order valence-corrected chi connectivity index (χ1v) is 10.4. The van der Waals surface area contributed by atoms with Crippen LogP contribution in [0.3, 0.4) is 0 Å². The quantitative estimate of drug-likeness (QED) is 0.571. The Labute approximate surface area is 162 Å². The van der Waals surface area contributed by atoms with Crippen LogP contribution in [0.15, 0.2) is 59.1 Å².